The molecule has 2 fully saturated rings. The van der Waals surface area contributed by atoms with Gasteiger partial charge in [0, 0.05) is 11.6 Å². The second-order valence-electron chi connectivity index (χ2n) is 6.80. The second kappa shape index (κ2) is 5.85. The molecule has 4 atom stereocenters. The van der Waals surface area contributed by atoms with Gasteiger partial charge < -0.3 is 5.32 Å². The quantitative estimate of drug-likeness (QED) is 0.827. The van der Waals surface area contributed by atoms with Crippen molar-refractivity contribution >= 4 is 0 Å². The van der Waals surface area contributed by atoms with Gasteiger partial charge >= 0.3 is 0 Å². The standard InChI is InChI=1S/C18H26FN/c1-3-8-20-18(15-11-13-5-6-14(15)10-13)16-9-12(2)4-7-17(16)19/h4,7,9,13-15,18,20H,3,5-6,8,10-11H2,1-2H3. The Morgan fingerprint density at radius 3 is 2.80 bits per heavy atom. The number of nitrogens with one attached hydrogen (secondary N) is 1. The molecular formula is C18H26FN. The fourth-order valence-electron chi connectivity index (χ4n) is 4.40. The third kappa shape index (κ3) is 2.63. The van der Waals surface area contributed by atoms with E-state index in [0.29, 0.717) is 5.92 Å². The van der Waals surface area contributed by atoms with Crippen LogP contribution >= 0.6 is 0 Å². The highest BCUT2D eigenvalue weighted by atomic mass is 19.1. The average Bonchev–Trinajstić information content (AvgIpc) is 3.05. The van der Waals surface area contributed by atoms with Crippen molar-refractivity contribution in [1.82, 2.24) is 5.32 Å². The van der Waals surface area contributed by atoms with E-state index in [1.54, 1.807) is 6.07 Å². The molecule has 1 aromatic carbocycles. The van der Waals surface area contributed by atoms with Crippen LogP contribution in [0.5, 0.6) is 0 Å². The van der Waals surface area contributed by atoms with Crippen LogP contribution in [0.4, 0.5) is 4.39 Å². The van der Waals surface area contributed by atoms with Crippen LogP contribution in [0.1, 0.15) is 56.2 Å². The van der Waals surface area contributed by atoms with Gasteiger partial charge in [-0.2, -0.15) is 0 Å². The van der Waals surface area contributed by atoms with Gasteiger partial charge in [0.05, 0.1) is 0 Å². The normalized spacial score (nSPS) is 29.9. The van der Waals surface area contributed by atoms with Crippen molar-refractivity contribution in [3.63, 3.8) is 0 Å². The molecule has 2 aliphatic carbocycles. The van der Waals surface area contributed by atoms with Gasteiger partial charge in [0.15, 0.2) is 0 Å². The lowest BCUT2D eigenvalue weighted by molar-refractivity contribution is 0.246. The molecule has 2 bridgehead atoms. The maximum atomic E-state index is 14.3. The maximum absolute atomic E-state index is 14.3. The fraction of sp³-hybridized carbons (Fsp3) is 0.667. The smallest absolute Gasteiger partial charge is 0.128 e. The van der Waals surface area contributed by atoms with Crippen LogP contribution in [0.15, 0.2) is 18.2 Å². The van der Waals surface area contributed by atoms with E-state index in [1.807, 2.05) is 6.07 Å². The molecular weight excluding hydrogens is 249 g/mol. The van der Waals surface area contributed by atoms with E-state index >= 15 is 0 Å². The summed E-state index contributed by atoms with van der Waals surface area (Å²) in [5.41, 5.74) is 2.06. The Hall–Kier alpha value is -0.890. The first-order valence-corrected chi connectivity index (χ1v) is 8.18. The Labute approximate surface area is 122 Å². The highest BCUT2D eigenvalue weighted by Gasteiger charge is 2.43. The number of aryl methyl sites for hydroxylation is 1. The third-order valence-electron chi connectivity index (χ3n) is 5.32. The molecule has 20 heavy (non-hydrogen) atoms. The monoisotopic (exact) mass is 275 g/mol. The summed E-state index contributed by atoms with van der Waals surface area (Å²) in [6.07, 6.45) is 6.53. The molecule has 0 amide bonds. The van der Waals surface area contributed by atoms with Crippen LogP contribution in [0.25, 0.3) is 0 Å². The third-order valence-corrected chi connectivity index (χ3v) is 5.32. The summed E-state index contributed by atoms with van der Waals surface area (Å²) in [5, 5.41) is 3.64. The van der Waals surface area contributed by atoms with Crippen LogP contribution in [-0.2, 0) is 0 Å². The number of halogens is 1. The number of fused-ring (bicyclic) bond motifs is 2. The van der Waals surface area contributed by atoms with Gasteiger partial charge in [0.1, 0.15) is 5.82 Å². The van der Waals surface area contributed by atoms with E-state index in [-0.39, 0.29) is 11.9 Å². The highest BCUT2D eigenvalue weighted by molar-refractivity contribution is 5.28. The minimum atomic E-state index is -0.0352. The van der Waals surface area contributed by atoms with E-state index in [4.69, 9.17) is 0 Å². The van der Waals surface area contributed by atoms with Crippen molar-refractivity contribution in [3.05, 3.63) is 35.1 Å². The molecule has 4 unspecified atom stereocenters. The van der Waals surface area contributed by atoms with Crippen molar-refractivity contribution in [1.29, 1.82) is 0 Å². The van der Waals surface area contributed by atoms with Gasteiger partial charge in [0.2, 0.25) is 0 Å². The molecule has 0 saturated heterocycles. The van der Waals surface area contributed by atoms with Crippen molar-refractivity contribution in [3.8, 4) is 0 Å². The first-order chi connectivity index (χ1) is 9.69. The predicted octanol–water partition coefficient (Wildman–Crippen LogP) is 4.61. The summed E-state index contributed by atoms with van der Waals surface area (Å²) in [6.45, 7) is 5.21. The lowest BCUT2D eigenvalue weighted by atomic mass is 9.80. The fourth-order valence-corrected chi connectivity index (χ4v) is 4.40. The molecule has 3 rings (SSSR count). The topological polar surface area (TPSA) is 12.0 Å². The highest BCUT2D eigenvalue weighted by Crippen LogP contribution is 2.52. The Morgan fingerprint density at radius 1 is 1.30 bits per heavy atom. The number of hydrogen-bond donors (Lipinski definition) is 1. The van der Waals surface area contributed by atoms with E-state index < -0.39 is 0 Å². The summed E-state index contributed by atoms with van der Waals surface area (Å²) in [6, 6.07) is 5.77. The average molecular weight is 275 g/mol. The van der Waals surface area contributed by atoms with Gasteiger partial charge in [-0.05, 0) is 63.0 Å². The summed E-state index contributed by atoms with van der Waals surface area (Å²) in [7, 11) is 0. The summed E-state index contributed by atoms with van der Waals surface area (Å²) >= 11 is 0. The summed E-state index contributed by atoms with van der Waals surface area (Å²) < 4.78 is 14.3. The number of hydrogen-bond acceptors (Lipinski definition) is 1. The summed E-state index contributed by atoms with van der Waals surface area (Å²) in [4.78, 5) is 0. The molecule has 0 radical (unpaired) electrons. The van der Waals surface area contributed by atoms with Gasteiger partial charge in [-0.15, -0.1) is 0 Å². The molecule has 2 heteroatoms. The minimum absolute atomic E-state index is 0.0352. The summed E-state index contributed by atoms with van der Waals surface area (Å²) in [5.74, 6) is 2.32. The first-order valence-electron chi connectivity index (χ1n) is 8.18. The zero-order valence-electron chi connectivity index (χ0n) is 12.7. The molecule has 0 spiro atoms. The number of benzene rings is 1. The molecule has 1 aromatic rings. The minimum Gasteiger partial charge on any atom is -0.310 e. The molecule has 0 aromatic heterocycles. The van der Waals surface area contributed by atoms with Gasteiger partial charge in [-0.25, -0.2) is 4.39 Å². The lowest BCUT2D eigenvalue weighted by Gasteiger charge is -2.32. The first kappa shape index (κ1) is 14.1. The Balaban J connectivity index is 1.87. The van der Waals surface area contributed by atoms with Gasteiger partial charge in [-0.1, -0.05) is 31.0 Å². The van der Waals surface area contributed by atoms with Crippen LogP contribution in [-0.4, -0.2) is 6.54 Å². The zero-order valence-corrected chi connectivity index (χ0v) is 12.7. The lowest BCUT2D eigenvalue weighted by Crippen LogP contribution is -2.32. The Kier molecular flexibility index (Phi) is 4.11. The van der Waals surface area contributed by atoms with Crippen LogP contribution in [0.2, 0.25) is 0 Å². The largest absolute Gasteiger partial charge is 0.310 e. The van der Waals surface area contributed by atoms with Gasteiger partial charge in [0.25, 0.3) is 0 Å². The Morgan fingerprint density at radius 2 is 2.15 bits per heavy atom. The molecule has 1 nitrogen and oxygen atoms in total. The zero-order chi connectivity index (χ0) is 14.1. The molecule has 110 valence electrons. The molecule has 1 N–H and O–H groups in total. The molecule has 0 aliphatic heterocycles. The van der Waals surface area contributed by atoms with Crippen molar-refractivity contribution < 1.29 is 4.39 Å². The van der Waals surface area contributed by atoms with E-state index in [0.717, 1.165) is 35.9 Å². The molecule has 2 saturated carbocycles. The molecule has 2 aliphatic rings. The Bertz CT molecular complexity index is 470. The van der Waals surface area contributed by atoms with Gasteiger partial charge in [-0.3, -0.25) is 0 Å². The second-order valence-corrected chi connectivity index (χ2v) is 6.80. The number of rotatable bonds is 5. The van der Waals surface area contributed by atoms with Crippen LogP contribution in [0, 0.1) is 30.5 Å². The van der Waals surface area contributed by atoms with Crippen molar-refractivity contribution in [2.24, 2.45) is 17.8 Å². The van der Waals surface area contributed by atoms with E-state index in [2.05, 4.69) is 25.2 Å². The van der Waals surface area contributed by atoms with Crippen LogP contribution in [0.3, 0.4) is 0 Å². The maximum Gasteiger partial charge on any atom is 0.128 e. The predicted molar refractivity (Wildman–Crippen MR) is 81.1 cm³/mol. The molecule has 0 heterocycles. The van der Waals surface area contributed by atoms with Crippen LogP contribution < -0.4 is 5.32 Å². The van der Waals surface area contributed by atoms with E-state index in [1.165, 1.54) is 25.7 Å². The SMILES string of the molecule is CCCNC(c1cc(C)ccc1F)C1CC2CCC1C2. The van der Waals surface area contributed by atoms with Crippen molar-refractivity contribution in [2.45, 2.75) is 52.0 Å². The van der Waals surface area contributed by atoms with E-state index in [9.17, 15) is 4.39 Å². The van der Waals surface area contributed by atoms with Crippen molar-refractivity contribution in [2.75, 3.05) is 6.54 Å².